The third-order valence-electron chi connectivity index (χ3n) is 10.0. The molecule has 0 rings (SSSR count). The number of rotatable bonds is 40. The molecule has 0 aromatic carbocycles. The number of nitrogens with one attached hydrogen (secondary N) is 3. The minimum absolute atomic E-state index is 0.0836. The predicted octanol–water partition coefficient (Wildman–Crippen LogP) is 11.1. The average Bonchev–Trinajstić information content (AvgIpc) is 3.11. The molecule has 3 amide bonds. The summed E-state index contributed by atoms with van der Waals surface area (Å²) in [5, 5.41) is 17.7. The summed E-state index contributed by atoms with van der Waals surface area (Å²) >= 11 is 0. The summed E-state index contributed by atoms with van der Waals surface area (Å²) < 4.78 is 0. The van der Waals surface area contributed by atoms with Gasteiger partial charge in [-0.3, -0.25) is 19.2 Å². The highest BCUT2D eigenvalue weighted by Gasteiger charge is 2.20. The number of carbonyl (C=O) groups excluding carboxylic acids is 3. The van der Waals surface area contributed by atoms with Crippen LogP contribution in [-0.2, 0) is 19.2 Å². The fourth-order valence-electron chi connectivity index (χ4n) is 6.67. The first kappa shape index (κ1) is 48.9. The first-order chi connectivity index (χ1) is 24.9. The van der Waals surface area contributed by atoms with Crippen molar-refractivity contribution in [3.8, 4) is 0 Å². The van der Waals surface area contributed by atoms with Gasteiger partial charge in [0.05, 0.1) is 0 Å². The second kappa shape index (κ2) is 39.1. The largest absolute Gasteiger partial charge is 0.481 e. The number of carbonyl (C=O) groups is 4. The predicted molar refractivity (Wildman–Crippen MR) is 214 cm³/mol. The third kappa shape index (κ3) is 37.4. The number of amides is 3. The maximum atomic E-state index is 12.9. The van der Waals surface area contributed by atoms with Crippen LogP contribution >= 0.6 is 0 Å². The molecular weight excluding hydrogens is 638 g/mol. The van der Waals surface area contributed by atoms with E-state index in [1.165, 1.54) is 135 Å². The van der Waals surface area contributed by atoms with Gasteiger partial charge < -0.3 is 21.1 Å². The highest BCUT2D eigenvalue weighted by Crippen LogP contribution is 2.15. The summed E-state index contributed by atoms with van der Waals surface area (Å²) in [4.78, 5) is 48.7. The van der Waals surface area contributed by atoms with E-state index in [0.29, 0.717) is 45.2 Å². The monoisotopic (exact) mass is 722 g/mol. The first-order valence-corrected chi connectivity index (χ1v) is 22.0. The topological polar surface area (TPSA) is 125 Å². The maximum absolute atomic E-state index is 12.9. The summed E-state index contributed by atoms with van der Waals surface area (Å²) in [5.41, 5.74) is 0. The Hall–Kier alpha value is -2.12. The Morgan fingerprint density at radius 2 is 0.765 bits per heavy atom. The molecule has 0 aliphatic heterocycles. The number of carboxylic acid groups (broad SMARTS) is 1. The van der Waals surface area contributed by atoms with Gasteiger partial charge in [-0.25, -0.2) is 0 Å². The number of carboxylic acids is 1. The molecule has 0 saturated heterocycles. The van der Waals surface area contributed by atoms with Crippen molar-refractivity contribution >= 4 is 23.7 Å². The fraction of sp³-hybridized carbons (Fsp3) is 0.907. The maximum Gasteiger partial charge on any atom is 0.303 e. The Morgan fingerprint density at radius 3 is 1.20 bits per heavy atom. The summed E-state index contributed by atoms with van der Waals surface area (Å²) in [6.45, 7) is 5.49. The summed E-state index contributed by atoms with van der Waals surface area (Å²) in [7, 11) is 0. The molecule has 300 valence electrons. The summed E-state index contributed by atoms with van der Waals surface area (Å²) in [6.07, 6.45) is 37.2. The Morgan fingerprint density at radius 1 is 0.412 bits per heavy atom. The smallest absolute Gasteiger partial charge is 0.303 e. The lowest BCUT2D eigenvalue weighted by Crippen LogP contribution is -2.47. The Kier molecular flexibility index (Phi) is 37.5. The van der Waals surface area contributed by atoms with Crippen molar-refractivity contribution in [3.63, 3.8) is 0 Å². The molecular formula is C43H83N3O5. The second-order valence-corrected chi connectivity index (χ2v) is 15.1. The van der Waals surface area contributed by atoms with Gasteiger partial charge in [0, 0.05) is 32.4 Å². The lowest BCUT2D eigenvalue weighted by atomic mass is 10.0. The van der Waals surface area contributed by atoms with Crippen molar-refractivity contribution < 1.29 is 24.3 Å². The molecule has 51 heavy (non-hydrogen) atoms. The van der Waals surface area contributed by atoms with Crippen LogP contribution in [0.2, 0.25) is 0 Å². The molecule has 8 heteroatoms. The van der Waals surface area contributed by atoms with Crippen molar-refractivity contribution in [1.82, 2.24) is 16.0 Å². The van der Waals surface area contributed by atoms with Crippen LogP contribution in [0.4, 0.5) is 0 Å². The fourth-order valence-corrected chi connectivity index (χ4v) is 6.67. The van der Waals surface area contributed by atoms with Gasteiger partial charge in [0.25, 0.3) is 0 Å². The van der Waals surface area contributed by atoms with Crippen molar-refractivity contribution in [2.45, 2.75) is 238 Å². The van der Waals surface area contributed by atoms with Gasteiger partial charge >= 0.3 is 5.97 Å². The molecule has 0 bridgehead atoms. The van der Waals surface area contributed by atoms with Gasteiger partial charge in [-0.05, 0) is 44.9 Å². The van der Waals surface area contributed by atoms with E-state index in [-0.39, 0.29) is 24.1 Å². The van der Waals surface area contributed by atoms with Crippen LogP contribution in [0.25, 0.3) is 0 Å². The standard InChI is InChI=1S/C43H83N3O5/c1-3-5-7-9-11-13-15-17-19-21-23-25-27-34-40(47)44-37-31-29-33-39(43(51)45-38-32-30-36-42(49)50)46-41(48)35-28-26-24-22-20-18-16-14-12-10-8-6-4-2/h39H,3-38H2,1-2H3,(H,44,47)(H,45,51)(H,46,48)(H,49,50)/t39-/m0/s1. The molecule has 0 aliphatic carbocycles. The number of hydrogen-bond acceptors (Lipinski definition) is 4. The first-order valence-electron chi connectivity index (χ1n) is 22.0. The quantitative estimate of drug-likeness (QED) is 0.0469. The van der Waals surface area contributed by atoms with Crippen molar-refractivity contribution in [2.24, 2.45) is 0 Å². The lowest BCUT2D eigenvalue weighted by molar-refractivity contribution is -0.137. The van der Waals surface area contributed by atoms with Gasteiger partial charge in [-0.15, -0.1) is 0 Å². The number of aliphatic carboxylic acids is 1. The molecule has 1 atom stereocenters. The van der Waals surface area contributed by atoms with Crippen LogP contribution < -0.4 is 16.0 Å². The zero-order chi connectivity index (χ0) is 37.5. The van der Waals surface area contributed by atoms with E-state index in [1.807, 2.05) is 0 Å². The molecule has 0 aromatic heterocycles. The van der Waals surface area contributed by atoms with E-state index in [0.717, 1.165) is 44.9 Å². The molecule has 0 aliphatic rings. The van der Waals surface area contributed by atoms with E-state index in [9.17, 15) is 19.2 Å². The van der Waals surface area contributed by atoms with Gasteiger partial charge in [0.15, 0.2) is 0 Å². The normalized spacial score (nSPS) is 11.7. The van der Waals surface area contributed by atoms with E-state index in [4.69, 9.17) is 5.11 Å². The van der Waals surface area contributed by atoms with Crippen LogP contribution in [0, 0.1) is 0 Å². The lowest BCUT2D eigenvalue weighted by Gasteiger charge is -2.19. The van der Waals surface area contributed by atoms with Crippen molar-refractivity contribution in [1.29, 1.82) is 0 Å². The summed E-state index contributed by atoms with van der Waals surface area (Å²) in [6, 6.07) is -0.611. The average molecular weight is 722 g/mol. The molecule has 8 nitrogen and oxygen atoms in total. The Balaban J connectivity index is 4.13. The van der Waals surface area contributed by atoms with Gasteiger partial charge in [0.1, 0.15) is 6.04 Å². The molecule has 0 heterocycles. The van der Waals surface area contributed by atoms with Crippen LogP contribution in [0.3, 0.4) is 0 Å². The minimum Gasteiger partial charge on any atom is -0.481 e. The van der Waals surface area contributed by atoms with Crippen LogP contribution in [0.5, 0.6) is 0 Å². The Bertz CT molecular complexity index is 821. The molecule has 0 saturated carbocycles. The highest BCUT2D eigenvalue weighted by atomic mass is 16.4. The Labute approximate surface area is 314 Å². The molecule has 0 aromatic rings. The van der Waals surface area contributed by atoms with Crippen LogP contribution in [-0.4, -0.2) is 47.9 Å². The van der Waals surface area contributed by atoms with Gasteiger partial charge in [-0.2, -0.15) is 0 Å². The van der Waals surface area contributed by atoms with E-state index >= 15 is 0 Å². The van der Waals surface area contributed by atoms with Gasteiger partial charge in [-0.1, -0.05) is 168 Å². The van der Waals surface area contributed by atoms with Crippen LogP contribution in [0.1, 0.15) is 232 Å². The van der Waals surface area contributed by atoms with Crippen LogP contribution in [0.15, 0.2) is 0 Å². The van der Waals surface area contributed by atoms with E-state index in [1.54, 1.807) is 0 Å². The number of unbranched alkanes of at least 4 members (excludes halogenated alkanes) is 26. The molecule has 0 spiro atoms. The summed E-state index contributed by atoms with van der Waals surface area (Å²) in [5.74, 6) is -1.04. The van der Waals surface area contributed by atoms with Gasteiger partial charge in [0.2, 0.25) is 17.7 Å². The second-order valence-electron chi connectivity index (χ2n) is 15.1. The van der Waals surface area contributed by atoms with Crippen molar-refractivity contribution in [2.75, 3.05) is 13.1 Å². The zero-order valence-electron chi connectivity index (χ0n) is 33.6. The SMILES string of the molecule is CCCCCCCCCCCCCCCC(=O)NCCCC[C@H](NC(=O)CCCCCCCCCCCCCCC)C(=O)NCCCCC(=O)O. The van der Waals surface area contributed by atoms with Crippen molar-refractivity contribution in [3.05, 3.63) is 0 Å². The molecule has 0 radical (unpaired) electrons. The molecule has 4 N–H and O–H groups in total. The molecule has 0 fully saturated rings. The van der Waals surface area contributed by atoms with E-state index < -0.39 is 12.0 Å². The van der Waals surface area contributed by atoms with E-state index in [2.05, 4.69) is 29.8 Å². The highest BCUT2D eigenvalue weighted by molar-refractivity contribution is 5.87. The third-order valence-corrected chi connectivity index (χ3v) is 10.0. The zero-order valence-corrected chi connectivity index (χ0v) is 33.6. The molecule has 0 unspecified atom stereocenters. The minimum atomic E-state index is -0.837. The number of hydrogen-bond donors (Lipinski definition) is 4.